The molecule has 12 heteroatoms. The summed E-state index contributed by atoms with van der Waals surface area (Å²) in [7, 11) is 1.54. The Hall–Kier alpha value is -2.15. The van der Waals surface area contributed by atoms with Crippen molar-refractivity contribution in [3.8, 4) is 0 Å². The maximum absolute atomic E-state index is 12.6. The van der Waals surface area contributed by atoms with Crippen LogP contribution in [0.5, 0.6) is 0 Å². The molecule has 0 aromatic rings. The van der Waals surface area contributed by atoms with Gasteiger partial charge < -0.3 is 33.5 Å². The van der Waals surface area contributed by atoms with Crippen LogP contribution in [0.2, 0.25) is 0 Å². The smallest absolute Gasteiger partial charge is 0.348 e. The molecule has 4 unspecified atom stereocenters. The van der Waals surface area contributed by atoms with E-state index in [9.17, 15) is 24.3 Å². The molecule has 0 saturated heterocycles. The number of thioether (sulfide) groups is 1. The van der Waals surface area contributed by atoms with E-state index >= 15 is 0 Å². The van der Waals surface area contributed by atoms with E-state index in [0.717, 1.165) is 24.3 Å². The second-order valence-electron chi connectivity index (χ2n) is 8.01. The molecule has 0 radical (unpaired) electrons. The second kappa shape index (κ2) is 21.9. The van der Waals surface area contributed by atoms with Gasteiger partial charge in [-0.25, -0.2) is 19.2 Å². The van der Waals surface area contributed by atoms with E-state index in [2.05, 4.69) is 13.5 Å². The number of aliphatic hydroxyl groups excluding tert-OH is 1. The molecule has 0 aliphatic carbocycles. The molecule has 0 aromatic heterocycles. The summed E-state index contributed by atoms with van der Waals surface area (Å²) < 4.78 is 30.6. The van der Waals surface area contributed by atoms with Crippen molar-refractivity contribution in [3.63, 3.8) is 0 Å². The van der Waals surface area contributed by atoms with Crippen molar-refractivity contribution < 1.29 is 52.7 Å². The maximum Gasteiger partial charge on any atom is 0.348 e. The van der Waals surface area contributed by atoms with Gasteiger partial charge in [-0.15, -0.1) is 6.58 Å². The minimum absolute atomic E-state index is 0.0235. The Morgan fingerprint density at radius 3 is 2.14 bits per heavy atom. The molecular weight excluding hydrogens is 508 g/mol. The normalized spacial score (nSPS) is 14.1. The highest BCUT2D eigenvalue weighted by Crippen LogP contribution is 2.14. The van der Waals surface area contributed by atoms with Gasteiger partial charge in [-0.05, 0) is 44.6 Å². The summed E-state index contributed by atoms with van der Waals surface area (Å²) in [4.78, 5) is 49.2. The first kappa shape index (κ1) is 34.9. The minimum atomic E-state index is -1.44. The van der Waals surface area contributed by atoms with Crippen molar-refractivity contribution in [1.82, 2.24) is 0 Å². The van der Waals surface area contributed by atoms with Crippen LogP contribution >= 0.6 is 11.8 Å². The monoisotopic (exact) mass is 550 g/mol. The number of carbonyl (C=O) groups excluding carboxylic acids is 4. The molecule has 0 spiro atoms. The predicted octanol–water partition coefficient (Wildman–Crippen LogP) is 2.22. The van der Waals surface area contributed by atoms with Crippen molar-refractivity contribution in [3.05, 3.63) is 12.7 Å². The van der Waals surface area contributed by atoms with Gasteiger partial charge in [0.25, 0.3) is 0 Å². The van der Waals surface area contributed by atoms with E-state index in [1.54, 1.807) is 18.9 Å². The number of unbranched alkanes of at least 4 members (excludes halogenated alkanes) is 1. The Balaban J connectivity index is 4.98. The summed E-state index contributed by atoms with van der Waals surface area (Å²) in [6, 6.07) is 0. The molecule has 214 valence electrons. The molecule has 0 rings (SSSR count). The van der Waals surface area contributed by atoms with Crippen LogP contribution in [0.3, 0.4) is 0 Å². The van der Waals surface area contributed by atoms with Crippen molar-refractivity contribution in [2.75, 3.05) is 45.0 Å². The number of aliphatic hydroxyl groups is 1. The van der Waals surface area contributed by atoms with Gasteiger partial charge in [0.2, 0.25) is 6.10 Å². The van der Waals surface area contributed by atoms with Gasteiger partial charge in [-0.2, -0.15) is 11.8 Å². The lowest BCUT2D eigenvalue weighted by molar-refractivity contribution is -0.185. The highest BCUT2D eigenvalue weighted by Gasteiger charge is 2.32. The van der Waals surface area contributed by atoms with E-state index < -0.39 is 48.3 Å². The second-order valence-corrected chi connectivity index (χ2v) is 9.24. The first-order valence-corrected chi connectivity index (χ1v) is 13.5. The largest absolute Gasteiger partial charge is 0.460 e. The van der Waals surface area contributed by atoms with Crippen LogP contribution in [0, 0.1) is 0 Å². The Morgan fingerprint density at radius 2 is 1.51 bits per heavy atom. The Bertz CT molecular complexity index is 684. The van der Waals surface area contributed by atoms with Crippen LogP contribution < -0.4 is 0 Å². The molecule has 0 fully saturated rings. The van der Waals surface area contributed by atoms with Gasteiger partial charge in [0, 0.05) is 13.5 Å². The van der Waals surface area contributed by atoms with Gasteiger partial charge >= 0.3 is 23.9 Å². The predicted molar refractivity (Wildman–Crippen MR) is 137 cm³/mol. The van der Waals surface area contributed by atoms with Crippen LogP contribution in [-0.4, -0.2) is 98.4 Å². The number of methoxy groups -OCH3 is 1. The Kier molecular flexibility index (Phi) is 20.6. The standard InChI is InChI=1S/C25H42O11S/c1-6-8-16-37-17-9-11-21(24(29)33-15-14-32-13-12-31-5)36-23(28)19(4)34-25(30)20(10-7-2)35-22(27)18(3)26/h7,18-21,26H,2,6,8-17H2,1,3-5H3. The molecule has 11 nitrogen and oxygen atoms in total. The molecule has 0 bridgehead atoms. The third kappa shape index (κ3) is 17.1. The van der Waals surface area contributed by atoms with E-state index in [0.29, 0.717) is 19.6 Å². The third-order valence-electron chi connectivity index (χ3n) is 4.69. The highest BCUT2D eigenvalue weighted by atomic mass is 32.2. The molecule has 0 amide bonds. The number of carbonyl (C=O) groups is 4. The molecule has 0 aliphatic heterocycles. The van der Waals surface area contributed by atoms with E-state index in [4.69, 9.17) is 28.4 Å². The average molecular weight is 551 g/mol. The SMILES string of the molecule is C=CCC(OC(=O)C(C)O)C(=O)OC(C)C(=O)OC(CCCSCCCC)C(=O)OCCOCCOC. The van der Waals surface area contributed by atoms with Crippen molar-refractivity contribution in [1.29, 1.82) is 0 Å². The van der Waals surface area contributed by atoms with Crippen LogP contribution in [0.1, 0.15) is 52.9 Å². The molecule has 0 heterocycles. The summed E-state index contributed by atoms with van der Waals surface area (Å²) in [6.07, 6.45) is -1.15. The zero-order chi connectivity index (χ0) is 28.1. The average Bonchev–Trinajstić information content (AvgIpc) is 2.86. The van der Waals surface area contributed by atoms with E-state index in [-0.39, 0.29) is 26.1 Å². The summed E-state index contributed by atoms with van der Waals surface area (Å²) in [5.41, 5.74) is 0. The van der Waals surface area contributed by atoms with Gasteiger partial charge in [0.15, 0.2) is 12.2 Å². The lowest BCUT2D eigenvalue weighted by atomic mass is 10.2. The summed E-state index contributed by atoms with van der Waals surface area (Å²) >= 11 is 1.75. The first-order chi connectivity index (χ1) is 17.7. The van der Waals surface area contributed by atoms with Crippen LogP contribution in [0.15, 0.2) is 12.7 Å². The van der Waals surface area contributed by atoms with Crippen LogP contribution in [0.25, 0.3) is 0 Å². The quantitative estimate of drug-likeness (QED) is 0.0913. The van der Waals surface area contributed by atoms with Gasteiger partial charge in [0.1, 0.15) is 12.7 Å². The topological polar surface area (TPSA) is 144 Å². The molecule has 0 aliphatic rings. The Labute approximate surface area is 223 Å². The Morgan fingerprint density at radius 1 is 0.865 bits per heavy atom. The summed E-state index contributed by atoms with van der Waals surface area (Å²) in [5.74, 6) is -1.93. The number of rotatable bonds is 22. The lowest BCUT2D eigenvalue weighted by Gasteiger charge is -2.21. The zero-order valence-corrected chi connectivity index (χ0v) is 23.1. The van der Waals surface area contributed by atoms with Gasteiger partial charge in [0.05, 0.1) is 19.8 Å². The van der Waals surface area contributed by atoms with Gasteiger partial charge in [-0.3, -0.25) is 0 Å². The first-order valence-electron chi connectivity index (χ1n) is 12.4. The fourth-order valence-corrected chi connectivity index (χ4v) is 3.67. The highest BCUT2D eigenvalue weighted by molar-refractivity contribution is 7.99. The lowest BCUT2D eigenvalue weighted by Crippen LogP contribution is -2.38. The van der Waals surface area contributed by atoms with E-state index in [1.165, 1.54) is 19.9 Å². The fourth-order valence-electron chi connectivity index (χ4n) is 2.60. The van der Waals surface area contributed by atoms with Crippen molar-refractivity contribution in [2.45, 2.75) is 77.3 Å². The number of hydrogen-bond acceptors (Lipinski definition) is 12. The maximum atomic E-state index is 12.6. The molecule has 4 atom stereocenters. The van der Waals surface area contributed by atoms with Crippen molar-refractivity contribution >= 4 is 35.6 Å². The summed E-state index contributed by atoms with van der Waals surface area (Å²) in [5, 5.41) is 9.30. The summed E-state index contributed by atoms with van der Waals surface area (Å²) in [6.45, 7) is 8.94. The molecule has 0 aromatic carbocycles. The van der Waals surface area contributed by atoms with E-state index in [1.807, 2.05) is 0 Å². The van der Waals surface area contributed by atoms with Crippen LogP contribution in [0.4, 0.5) is 0 Å². The number of esters is 4. The zero-order valence-electron chi connectivity index (χ0n) is 22.3. The molecule has 1 N–H and O–H groups in total. The van der Waals surface area contributed by atoms with Gasteiger partial charge in [-0.1, -0.05) is 19.4 Å². The third-order valence-corrected chi connectivity index (χ3v) is 5.85. The fraction of sp³-hybridized carbons (Fsp3) is 0.760. The number of hydrogen-bond donors (Lipinski definition) is 1. The van der Waals surface area contributed by atoms with Crippen LogP contribution in [-0.2, 0) is 47.6 Å². The molecular formula is C25H42O11S. The molecule has 0 saturated carbocycles. The molecule has 37 heavy (non-hydrogen) atoms. The van der Waals surface area contributed by atoms with Crippen molar-refractivity contribution in [2.24, 2.45) is 0 Å². The minimum Gasteiger partial charge on any atom is -0.460 e. The number of ether oxygens (including phenoxy) is 6.